The van der Waals surface area contributed by atoms with E-state index in [1.54, 1.807) is 12.1 Å². The van der Waals surface area contributed by atoms with Crippen LogP contribution in [0.3, 0.4) is 0 Å². The third kappa shape index (κ3) is 5.05. The number of hydrogen-bond donors (Lipinski definition) is 0. The third-order valence-electron chi connectivity index (χ3n) is 4.97. The summed E-state index contributed by atoms with van der Waals surface area (Å²) in [7, 11) is 4.41. The maximum absolute atomic E-state index is 12.9. The Morgan fingerprint density at radius 3 is 2.18 bits per heavy atom. The summed E-state index contributed by atoms with van der Waals surface area (Å²) >= 11 is 0. The molecule has 3 aromatic rings. The molecule has 8 heteroatoms. The molecule has 8 nitrogen and oxygen atoms in total. The van der Waals surface area contributed by atoms with E-state index in [4.69, 9.17) is 28.1 Å². The largest absolute Gasteiger partial charge is 0.493 e. The Kier molecular flexibility index (Phi) is 7.48. The highest BCUT2D eigenvalue weighted by atomic mass is 16.5. The summed E-state index contributed by atoms with van der Waals surface area (Å²) in [5, 5.41) is 0.391. The fraction of sp³-hybridized carbons (Fsp3) is 0.360. The first-order chi connectivity index (χ1) is 15.8. The van der Waals surface area contributed by atoms with Gasteiger partial charge in [-0.1, -0.05) is 6.92 Å². The van der Waals surface area contributed by atoms with Gasteiger partial charge in [-0.15, -0.1) is 0 Å². The normalized spacial score (nSPS) is 10.9. The van der Waals surface area contributed by atoms with Gasteiger partial charge in [-0.05, 0) is 38.1 Å². The van der Waals surface area contributed by atoms with Crippen molar-refractivity contribution in [1.29, 1.82) is 0 Å². The lowest BCUT2D eigenvalue weighted by Gasteiger charge is -2.17. The van der Waals surface area contributed by atoms with Crippen molar-refractivity contribution in [2.45, 2.75) is 39.9 Å². The first kappa shape index (κ1) is 24.0. The number of carbonyl (C=O) groups excluding carboxylic acids is 1. The zero-order valence-corrected chi connectivity index (χ0v) is 19.6. The van der Waals surface area contributed by atoms with E-state index < -0.39 is 5.97 Å². The van der Waals surface area contributed by atoms with E-state index >= 15 is 0 Å². The molecule has 0 aliphatic heterocycles. The summed E-state index contributed by atoms with van der Waals surface area (Å²) in [5.74, 6) is 1.42. The number of hydrogen-bond acceptors (Lipinski definition) is 8. The van der Waals surface area contributed by atoms with Gasteiger partial charge in [-0.2, -0.15) is 0 Å². The summed E-state index contributed by atoms with van der Waals surface area (Å²) in [4.78, 5) is 25.5. The van der Waals surface area contributed by atoms with Gasteiger partial charge in [0.05, 0.1) is 43.9 Å². The topological polar surface area (TPSA) is 93.4 Å². The molecule has 0 amide bonds. The van der Waals surface area contributed by atoms with Crippen LogP contribution in [0.4, 0.5) is 0 Å². The number of esters is 1. The fourth-order valence-corrected chi connectivity index (χ4v) is 3.40. The monoisotopic (exact) mass is 456 g/mol. The van der Waals surface area contributed by atoms with Crippen molar-refractivity contribution in [3.63, 3.8) is 0 Å². The molecule has 0 N–H and O–H groups in total. The highest BCUT2D eigenvalue weighted by Crippen LogP contribution is 2.38. The van der Waals surface area contributed by atoms with Crippen LogP contribution in [-0.2, 0) is 17.8 Å². The molecular formula is C25H28O8. The molecule has 0 bridgehead atoms. The first-order valence-corrected chi connectivity index (χ1v) is 10.5. The second kappa shape index (κ2) is 10.3. The lowest BCUT2D eigenvalue weighted by Crippen LogP contribution is -2.12. The molecule has 0 radical (unpaired) electrons. The van der Waals surface area contributed by atoms with Gasteiger partial charge in [-0.3, -0.25) is 4.79 Å². The SMILES string of the molecule is CCc1cc(=O)c2ccc(OC(C)C)c(COC(=O)c3cc(OC)c(OC)c(OC)c3)c2o1. The van der Waals surface area contributed by atoms with E-state index in [0.717, 1.165) is 0 Å². The standard InChI is InChI=1S/C25H28O8/c1-7-16-12-19(26)17-8-9-20(32-14(2)3)18(23(17)33-16)13-31-25(27)15-10-21(28-4)24(30-6)22(11-15)29-5/h8-12,14H,7,13H2,1-6H3. The molecule has 33 heavy (non-hydrogen) atoms. The average Bonchev–Trinajstić information content (AvgIpc) is 2.81. The Morgan fingerprint density at radius 1 is 0.970 bits per heavy atom. The summed E-state index contributed by atoms with van der Waals surface area (Å²) in [5.41, 5.74) is 0.873. The predicted molar refractivity (Wildman–Crippen MR) is 123 cm³/mol. The van der Waals surface area contributed by atoms with Gasteiger partial charge < -0.3 is 28.1 Å². The van der Waals surface area contributed by atoms with Crippen LogP contribution in [-0.4, -0.2) is 33.4 Å². The molecule has 0 aliphatic carbocycles. The predicted octanol–water partition coefficient (Wildman–Crippen LogP) is 4.53. The van der Waals surface area contributed by atoms with Crippen molar-refractivity contribution in [2.24, 2.45) is 0 Å². The van der Waals surface area contributed by atoms with Crippen LogP contribution in [0.15, 0.2) is 39.5 Å². The van der Waals surface area contributed by atoms with Crippen LogP contribution in [0.25, 0.3) is 11.0 Å². The van der Waals surface area contributed by atoms with Crippen molar-refractivity contribution in [3.05, 3.63) is 57.4 Å². The Labute approximate surface area is 192 Å². The highest BCUT2D eigenvalue weighted by molar-refractivity contribution is 5.91. The number of ether oxygens (including phenoxy) is 5. The van der Waals surface area contributed by atoms with Crippen molar-refractivity contribution in [1.82, 2.24) is 0 Å². The number of carbonyl (C=O) groups is 1. The fourth-order valence-electron chi connectivity index (χ4n) is 3.40. The van der Waals surface area contributed by atoms with Crippen LogP contribution in [0.1, 0.15) is 42.5 Å². The minimum absolute atomic E-state index is 0.131. The molecule has 0 atom stereocenters. The minimum Gasteiger partial charge on any atom is -0.493 e. The van der Waals surface area contributed by atoms with Crippen molar-refractivity contribution in [2.75, 3.05) is 21.3 Å². The summed E-state index contributed by atoms with van der Waals surface area (Å²) in [6.07, 6.45) is 0.415. The lowest BCUT2D eigenvalue weighted by molar-refractivity contribution is 0.0468. The molecule has 0 spiro atoms. The molecule has 0 saturated carbocycles. The smallest absolute Gasteiger partial charge is 0.338 e. The van der Waals surface area contributed by atoms with Crippen LogP contribution in [0, 0.1) is 0 Å². The molecule has 176 valence electrons. The number of rotatable bonds is 9. The van der Waals surface area contributed by atoms with E-state index in [2.05, 4.69) is 0 Å². The Balaban J connectivity index is 2.01. The number of methoxy groups -OCH3 is 3. The van der Waals surface area contributed by atoms with Gasteiger partial charge in [0.25, 0.3) is 0 Å². The summed E-state index contributed by atoms with van der Waals surface area (Å²) < 4.78 is 33.4. The van der Waals surface area contributed by atoms with Gasteiger partial charge in [-0.25, -0.2) is 4.79 Å². The van der Waals surface area contributed by atoms with Gasteiger partial charge in [0.15, 0.2) is 16.9 Å². The molecule has 2 aromatic carbocycles. The number of benzene rings is 2. The van der Waals surface area contributed by atoms with E-state index in [1.165, 1.54) is 39.5 Å². The highest BCUT2D eigenvalue weighted by Gasteiger charge is 2.21. The van der Waals surface area contributed by atoms with Gasteiger partial charge in [0.1, 0.15) is 23.7 Å². The summed E-state index contributed by atoms with van der Waals surface area (Å²) in [6.45, 7) is 5.50. The van der Waals surface area contributed by atoms with E-state index in [9.17, 15) is 9.59 Å². The third-order valence-corrected chi connectivity index (χ3v) is 4.97. The van der Waals surface area contributed by atoms with Gasteiger partial charge >= 0.3 is 5.97 Å². The van der Waals surface area contributed by atoms with E-state index in [-0.39, 0.29) is 23.7 Å². The number of fused-ring (bicyclic) bond motifs is 1. The summed E-state index contributed by atoms with van der Waals surface area (Å²) in [6, 6.07) is 7.83. The molecular weight excluding hydrogens is 428 g/mol. The maximum Gasteiger partial charge on any atom is 0.338 e. The lowest BCUT2D eigenvalue weighted by atomic mass is 10.1. The molecule has 0 fully saturated rings. The molecule has 0 unspecified atom stereocenters. The van der Waals surface area contributed by atoms with E-state index in [0.29, 0.717) is 51.7 Å². The van der Waals surface area contributed by atoms with Crippen LogP contribution in [0.5, 0.6) is 23.0 Å². The molecule has 1 aromatic heterocycles. The van der Waals surface area contributed by atoms with Crippen molar-refractivity contribution in [3.8, 4) is 23.0 Å². The van der Waals surface area contributed by atoms with Gasteiger partial charge in [0.2, 0.25) is 5.75 Å². The molecule has 0 aliphatic rings. The van der Waals surface area contributed by atoms with Crippen molar-refractivity contribution < 1.29 is 32.9 Å². The van der Waals surface area contributed by atoms with Crippen molar-refractivity contribution >= 4 is 16.9 Å². The minimum atomic E-state index is -0.615. The molecule has 0 saturated heterocycles. The van der Waals surface area contributed by atoms with Gasteiger partial charge in [0, 0.05) is 12.5 Å². The number of aryl methyl sites for hydroxylation is 1. The van der Waals surface area contributed by atoms with Crippen LogP contribution >= 0.6 is 0 Å². The van der Waals surface area contributed by atoms with Crippen LogP contribution < -0.4 is 24.4 Å². The average molecular weight is 456 g/mol. The quantitative estimate of drug-likeness (QED) is 0.434. The second-order valence-electron chi connectivity index (χ2n) is 7.51. The second-order valence-corrected chi connectivity index (χ2v) is 7.51. The molecule has 1 heterocycles. The maximum atomic E-state index is 12.9. The first-order valence-electron chi connectivity index (χ1n) is 10.5. The molecule has 3 rings (SSSR count). The Morgan fingerprint density at radius 2 is 1.64 bits per heavy atom. The Bertz CT molecular complexity index is 1180. The van der Waals surface area contributed by atoms with E-state index in [1.807, 2.05) is 20.8 Å². The Hall–Kier alpha value is -3.68. The zero-order valence-electron chi connectivity index (χ0n) is 19.6. The van der Waals surface area contributed by atoms with Crippen LogP contribution in [0.2, 0.25) is 0 Å². The zero-order chi connectivity index (χ0) is 24.1.